The zero-order valence-corrected chi connectivity index (χ0v) is 21.8. The van der Waals surface area contributed by atoms with Gasteiger partial charge >= 0.3 is 0 Å². The summed E-state index contributed by atoms with van der Waals surface area (Å²) in [5.41, 5.74) is 7.68. The molecule has 0 saturated carbocycles. The highest BCUT2D eigenvalue weighted by atomic mass is 16.3. The summed E-state index contributed by atoms with van der Waals surface area (Å²) >= 11 is 0. The van der Waals surface area contributed by atoms with Gasteiger partial charge in [0.1, 0.15) is 5.58 Å². The second-order valence-electron chi connectivity index (χ2n) is 10.2. The molecule has 0 unspecified atom stereocenters. The average molecular weight is 515 g/mol. The Morgan fingerprint density at radius 3 is 2.17 bits per heavy atom. The summed E-state index contributed by atoms with van der Waals surface area (Å²) in [5.74, 6) is 0.827. The average Bonchev–Trinajstić information content (AvgIpc) is 3.41. The minimum atomic E-state index is 0.766. The number of nitrogens with zero attached hydrogens (tertiary/aromatic N) is 1. The van der Waals surface area contributed by atoms with Gasteiger partial charge in [0, 0.05) is 23.2 Å². The minimum Gasteiger partial charge on any atom is -0.440 e. The van der Waals surface area contributed by atoms with Crippen molar-refractivity contribution in [3.63, 3.8) is 0 Å². The maximum absolute atomic E-state index is 6.30. The number of nitrogens with one attached hydrogen (secondary N) is 1. The Hall–Kier alpha value is -5.28. The Morgan fingerprint density at radius 1 is 0.600 bits per heavy atom. The fourth-order valence-electron chi connectivity index (χ4n) is 6.02. The molecule has 1 aliphatic rings. The van der Waals surface area contributed by atoms with Crippen molar-refractivity contribution in [2.75, 3.05) is 16.8 Å². The van der Waals surface area contributed by atoms with Crippen LogP contribution in [0.2, 0.25) is 0 Å². The molecule has 40 heavy (non-hydrogen) atoms. The molecule has 0 amide bonds. The van der Waals surface area contributed by atoms with Gasteiger partial charge in [-0.3, -0.25) is 0 Å². The van der Waals surface area contributed by atoms with Crippen LogP contribution in [0.15, 0.2) is 138 Å². The van der Waals surface area contributed by atoms with Crippen molar-refractivity contribution in [1.29, 1.82) is 0 Å². The van der Waals surface area contributed by atoms with E-state index >= 15 is 0 Å². The van der Waals surface area contributed by atoms with Gasteiger partial charge in [-0.15, -0.1) is 0 Å². The minimum absolute atomic E-state index is 0.766. The standard InChI is InChI=1S/C37H26N2O/c1-2-10-25(11-3-1)26-19-21-28(22-20-26)39(33-17-8-18-35-36(33)32-16-9-23-38-37(32)40-35)34-24-27-12-4-5-13-29(27)30-14-6-7-15-31(30)34/h1-22,24,38H,23H2. The van der Waals surface area contributed by atoms with Gasteiger partial charge in [0.25, 0.3) is 0 Å². The summed E-state index contributed by atoms with van der Waals surface area (Å²) in [6.07, 6.45) is 4.33. The molecule has 0 bridgehead atoms. The summed E-state index contributed by atoms with van der Waals surface area (Å²) in [6, 6.07) is 45.5. The van der Waals surface area contributed by atoms with Crippen LogP contribution in [0, 0.1) is 0 Å². The Morgan fingerprint density at radius 2 is 1.32 bits per heavy atom. The lowest BCUT2D eigenvalue weighted by Crippen LogP contribution is -2.11. The van der Waals surface area contributed by atoms with Gasteiger partial charge < -0.3 is 14.6 Å². The predicted octanol–water partition coefficient (Wildman–Crippen LogP) is 10.3. The monoisotopic (exact) mass is 514 g/mol. The smallest absolute Gasteiger partial charge is 0.201 e. The second kappa shape index (κ2) is 9.18. The lowest BCUT2D eigenvalue weighted by molar-refractivity contribution is 0.628. The molecular weight excluding hydrogens is 488 g/mol. The van der Waals surface area contributed by atoms with E-state index in [-0.39, 0.29) is 0 Å². The van der Waals surface area contributed by atoms with Crippen molar-refractivity contribution in [2.45, 2.75) is 0 Å². The van der Waals surface area contributed by atoms with Crippen molar-refractivity contribution in [3.05, 3.63) is 139 Å². The molecule has 7 aromatic rings. The fraction of sp³-hybridized carbons (Fsp3) is 0.0270. The number of hydrogen-bond acceptors (Lipinski definition) is 3. The fourth-order valence-corrected chi connectivity index (χ4v) is 6.02. The first-order valence-electron chi connectivity index (χ1n) is 13.7. The topological polar surface area (TPSA) is 28.4 Å². The molecule has 2 heterocycles. The number of rotatable bonds is 4. The summed E-state index contributed by atoms with van der Waals surface area (Å²) in [4.78, 5) is 2.39. The largest absolute Gasteiger partial charge is 0.440 e. The van der Waals surface area contributed by atoms with Gasteiger partial charge in [0.15, 0.2) is 0 Å². The van der Waals surface area contributed by atoms with E-state index in [0.717, 1.165) is 46.0 Å². The maximum atomic E-state index is 6.30. The van der Waals surface area contributed by atoms with E-state index in [0.29, 0.717) is 0 Å². The third kappa shape index (κ3) is 3.59. The van der Waals surface area contributed by atoms with Crippen LogP contribution in [0.3, 0.4) is 0 Å². The van der Waals surface area contributed by atoms with E-state index < -0.39 is 0 Å². The lowest BCUT2D eigenvalue weighted by atomic mass is 9.98. The molecule has 0 saturated heterocycles. The molecule has 3 heteroatoms. The van der Waals surface area contributed by atoms with Crippen LogP contribution in [-0.4, -0.2) is 6.54 Å². The molecule has 1 aliphatic heterocycles. The lowest BCUT2D eigenvalue weighted by Gasteiger charge is -2.28. The highest BCUT2D eigenvalue weighted by Crippen LogP contribution is 2.47. The summed E-state index contributed by atoms with van der Waals surface area (Å²) in [6.45, 7) is 0.766. The van der Waals surface area contributed by atoms with Gasteiger partial charge in [-0.1, -0.05) is 109 Å². The Kier molecular flexibility index (Phi) is 5.20. The normalized spacial score (nSPS) is 12.5. The predicted molar refractivity (Wildman–Crippen MR) is 169 cm³/mol. The van der Waals surface area contributed by atoms with Crippen molar-refractivity contribution >= 4 is 61.5 Å². The summed E-state index contributed by atoms with van der Waals surface area (Å²) in [5, 5.41) is 9.42. The SMILES string of the molecule is C1=Cc2c(oc3cccc(N(c4ccc(-c5ccccc5)cc4)c4cc5ccccc5c5ccccc45)c23)NC1. The molecule has 8 rings (SSSR count). The van der Waals surface area contributed by atoms with Gasteiger partial charge in [-0.05, 0) is 57.6 Å². The van der Waals surface area contributed by atoms with E-state index in [4.69, 9.17) is 4.42 Å². The summed E-state index contributed by atoms with van der Waals surface area (Å²) in [7, 11) is 0. The zero-order valence-electron chi connectivity index (χ0n) is 21.8. The molecule has 3 nitrogen and oxygen atoms in total. The Bertz CT molecular complexity index is 2050. The van der Waals surface area contributed by atoms with E-state index in [1.807, 2.05) is 0 Å². The molecule has 1 N–H and O–H groups in total. The van der Waals surface area contributed by atoms with Crippen molar-refractivity contribution < 1.29 is 4.42 Å². The van der Waals surface area contributed by atoms with Crippen molar-refractivity contribution in [3.8, 4) is 11.1 Å². The molecular formula is C37H26N2O. The molecule has 1 aromatic heterocycles. The van der Waals surface area contributed by atoms with Crippen LogP contribution in [0.5, 0.6) is 0 Å². The number of hydrogen-bond donors (Lipinski definition) is 1. The van der Waals surface area contributed by atoms with Crippen LogP contribution >= 0.6 is 0 Å². The van der Waals surface area contributed by atoms with Crippen molar-refractivity contribution in [2.24, 2.45) is 0 Å². The number of furan rings is 1. The first-order valence-corrected chi connectivity index (χ1v) is 13.7. The highest BCUT2D eigenvalue weighted by molar-refractivity contribution is 6.16. The van der Waals surface area contributed by atoms with E-state index in [1.165, 1.54) is 32.7 Å². The third-order valence-electron chi connectivity index (χ3n) is 7.86. The Labute approximate surface area is 232 Å². The number of benzene rings is 6. The molecule has 190 valence electrons. The first kappa shape index (κ1) is 22.7. The number of anilines is 4. The van der Waals surface area contributed by atoms with Crippen LogP contribution in [-0.2, 0) is 0 Å². The van der Waals surface area contributed by atoms with Gasteiger partial charge in [-0.2, -0.15) is 0 Å². The van der Waals surface area contributed by atoms with Crippen molar-refractivity contribution in [1.82, 2.24) is 0 Å². The summed E-state index contributed by atoms with van der Waals surface area (Å²) < 4.78 is 6.30. The Balaban J connectivity index is 1.43. The second-order valence-corrected chi connectivity index (χ2v) is 10.2. The molecule has 0 fully saturated rings. The zero-order chi connectivity index (χ0) is 26.5. The third-order valence-corrected chi connectivity index (χ3v) is 7.86. The highest BCUT2D eigenvalue weighted by Gasteiger charge is 2.24. The van der Waals surface area contributed by atoms with Crippen LogP contribution in [0.1, 0.15) is 5.56 Å². The van der Waals surface area contributed by atoms with E-state index in [9.17, 15) is 0 Å². The quantitative estimate of drug-likeness (QED) is 0.237. The molecule has 0 radical (unpaired) electrons. The van der Waals surface area contributed by atoms with Gasteiger partial charge in [0.05, 0.1) is 16.8 Å². The van der Waals surface area contributed by atoms with Gasteiger partial charge in [0.2, 0.25) is 5.88 Å². The van der Waals surface area contributed by atoms with Crippen LogP contribution in [0.25, 0.3) is 49.7 Å². The molecule has 6 aromatic carbocycles. The van der Waals surface area contributed by atoms with Crippen LogP contribution in [0.4, 0.5) is 22.9 Å². The van der Waals surface area contributed by atoms with E-state index in [1.54, 1.807) is 0 Å². The molecule has 0 spiro atoms. The molecule has 0 atom stereocenters. The van der Waals surface area contributed by atoms with E-state index in [2.05, 4.69) is 150 Å². The first-order chi connectivity index (χ1) is 19.8. The molecule has 0 aliphatic carbocycles. The van der Waals surface area contributed by atoms with Gasteiger partial charge in [-0.25, -0.2) is 0 Å². The maximum Gasteiger partial charge on any atom is 0.201 e. The van der Waals surface area contributed by atoms with Crippen LogP contribution < -0.4 is 10.2 Å². The number of fused-ring (bicyclic) bond motifs is 6.